The molecule has 0 aliphatic carbocycles. The fourth-order valence-corrected chi connectivity index (χ4v) is 2.72. The third-order valence-electron chi connectivity index (χ3n) is 3.95. The predicted octanol–water partition coefficient (Wildman–Crippen LogP) is 2.97. The van der Waals surface area contributed by atoms with E-state index in [0.717, 1.165) is 32.8 Å². The number of benzene rings is 2. The van der Waals surface area contributed by atoms with Crippen LogP contribution in [0.25, 0.3) is 10.8 Å². The highest BCUT2D eigenvalue weighted by molar-refractivity contribution is 5.85. The standard InChI is InChI=1S/C17H22N2O/c1-2-19-9-10-20-17(13-19)12-18-16-8-7-14-5-3-4-6-15(14)11-16/h3-8,11,17-18H,2,9-10,12-13H2,1H3. The van der Waals surface area contributed by atoms with Gasteiger partial charge in [-0.05, 0) is 29.4 Å². The molecule has 0 radical (unpaired) electrons. The van der Waals surface area contributed by atoms with Gasteiger partial charge in [0.1, 0.15) is 0 Å². The van der Waals surface area contributed by atoms with Crippen LogP contribution in [0.5, 0.6) is 0 Å². The Morgan fingerprint density at radius 1 is 1.20 bits per heavy atom. The van der Waals surface area contributed by atoms with Crippen LogP contribution < -0.4 is 5.32 Å². The number of nitrogens with one attached hydrogen (secondary N) is 1. The Balaban J connectivity index is 1.61. The maximum Gasteiger partial charge on any atom is 0.0874 e. The van der Waals surface area contributed by atoms with E-state index in [1.165, 1.54) is 16.5 Å². The number of fused-ring (bicyclic) bond motifs is 1. The number of hydrogen-bond acceptors (Lipinski definition) is 3. The van der Waals surface area contributed by atoms with Gasteiger partial charge in [-0.15, -0.1) is 0 Å². The van der Waals surface area contributed by atoms with E-state index < -0.39 is 0 Å². The van der Waals surface area contributed by atoms with Crippen molar-refractivity contribution in [1.82, 2.24) is 4.90 Å². The zero-order valence-corrected chi connectivity index (χ0v) is 12.0. The molecule has 1 heterocycles. The van der Waals surface area contributed by atoms with Gasteiger partial charge in [0, 0.05) is 25.3 Å². The summed E-state index contributed by atoms with van der Waals surface area (Å²) < 4.78 is 5.82. The van der Waals surface area contributed by atoms with E-state index in [4.69, 9.17) is 4.74 Å². The molecule has 3 nitrogen and oxygen atoms in total. The number of hydrogen-bond donors (Lipinski definition) is 1. The molecule has 1 N–H and O–H groups in total. The predicted molar refractivity (Wildman–Crippen MR) is 84.3 cm³/mol. The molecule has 0 aromatic heterocycles. The Bertz CT molecular complexity index is 570. The minimum Gasteiger partial charge on any atom is -0.382 e. The van der Waals surface area contributed by atoms with Crippen molar-refractivity contribution in [3.8, 4) is 0 Å². The van der Waals surface area contributed by atoms with Crippen LogP contribution in [0.2, 0.25) is 0 Å². The monoisotopic (exact) mass is 270 g/mol. The number of morpholine rings is 1. The van der Waals surface area contributed by atoms with E-state index in [9.17, 15) is 0 Å². The van der Waals surface area contributed by atoms with Crippen molar-refractivity contribution >= 4 is 16.5 Å². The van der Waals surface area contributed by atoms with E-state index in [2.05, 4.69) is 59.6 Å². The maximum atomic E-state index is 5.82. The summed E-state index contributed by atoms with van der Waals surface area (Å²) in [7, 11) is 0. The first kappa shape index (κ1) is 13.4. The summed E-state index contributed by atoms with van der Waals surface area (Å²) in [5, 5.41) is 6.06. The van der Waals surface area contributed by atoms with Crippen molar-refractivity contribution in [2.75, 3.05) is 38.1 Å². The highest BCUT2D eigenvalue weighted by Gasteiger charge is 2.18. The van der Waals surface area contributed by atoms with Gasteiger partial charge in [-0.25, -0.2) is 0 Å². The summed E-state index contributed by atoms with van der Waals surface area (Å²) in [4.78, 5) is 2.44. The molecule has 3 heteroatoms. The van der Waals surface area contributed by atoms with Gasteiger partial charge in [-0.1, -0.05) is 37.3 Å². The Kier molecular flexibility index (Phi) is 4.19. The molecule has 1 fully saturated rings. The van der Waals surface area contributed by atoms with Gasteiger partial charge in [0.05, 0.1) is 12.7 Å². The van der Waals surface area contributed by atoms with Crippen LogP contribution in [-0.4, -0.2) is 43.8 Å². The molecule has 2 aromatic carbocycles. The first-order valence-electron chi connectivity index (χ1n) is 7.42. The lowest BCUT2D eigenvalue weighted by Crippen LogP contribution is -2.45. The fourth-order valence-electron chi connectivity index (χ4n) is 2.72. The van der Waals surface area contributed by atoms with Gasteiger partial charge in [0.2, 0.25) is 0 Å². The highest BCUT2D eigenvalue weighted by atomic mass is 16.5. The molecule has 1 aliphatic rings. The molecule has 1 atom stereocenters. The van der Waals surface area contributed by atoms with Crippen molar-refractivity contribution < 1.29 is 4.74 Å². The van der Waals surface area contributed by atoms with E-state index in [0.29, 0.717) is 0 Å². The Labute approximate surface area is 120 Å². The normalized spacial score (nSPS) is 20.1. The lowest BCUT2D eigenvalue weighted by atomic mass is 10.1. The molecule has 0 amide bonds. The number of likely N-dealkylation sites (N-methyl/N-ethyl adjacent to an activating group) is 1. The molecule has 0 bridgehead atoms. The number of rotatable bonds is 4. The van der Waals surface area contributed by atoms with E-state index >= 15 is 0 Å². The Hall–Kier alpha value is -1.58. The summed E-state index contributed by atoms with van der Waals surface area (Å²) in [6.07, 6.45) is 0.287. The summed E-state index contributed by atoms with van der Waals surface area (Å²) in [6, 6.07) is 15.0. The molecule has 2 aromatic rings. The quantitative estimate of drug-likeness (QED) is 0.924. The van der Waals surface area contributed by atoms with Crippen molar-refractivity contribution in [2.24, 2.45) is 0 Å². The maximum absolute atomic E-state index is 5.82. The molecule has 1 unspecified atom stereocenters. The van der Waals surface area contributed by atoms with E-state index in [1.54, 1.807) is 0 Å². The average molecular weight is 270 g/mol. The molecule has 0 saturated carbocycles. The number of ether oxygens (including phenoxy) is 1. The molecule has 0 spiro atoms. The van der Waals surface area contributed by atoms with Gasteiger partial charge in [-0.2, -0.15) is 0 Å². The molecule has 20 heavy (non-hydrogen) atoms. The topological polar surface area (TPSA) is 24.5 Å². The van der Waals surface area contributed by atoms with Crippen LogP contribution in [0.4, 0.5) is 5.69 Å². The summed E-state index contributed by atoms with van der Waals surface area (Å²) in [6.45, 7) is 7.11. The third kappa shape index (κ3) is 3.11. The number of nitrogens with zero attached hydrogens (tertiary/aromatic N) is 1. The highest BCUT2D eigenvalue weighted by Crippen LogP contribution is 2.19. The van der Waals surface area contributed by atoms with Crippen molar-refractivity contribution in [3.05, 3.63) is 42.5 Å². The van der Waals surface area contributed by atoms with Crippen molar-refractivity contribution in [3.63, 3.8) is 0 Å². The zero-order valence-electron chi connectivity index (χ0n) is 12.0. The number of anilines is 1. The van der Waals surface area contributed by atoms with Crippen LogP contribution in [0, 0.1) is 0 Å². The van der Waals surface area contributed by atoms with Crippen LogP contribution in [0.3, 0.4) is 0 Å². The Morgan fingerprint density at radius 3 is 2.90 bits per heavy atom. The second-order valence-electron chi connectivity index (χ2n) is 5.33. The first-order valence-corrected chi connectivity index (χ1v) is 7.42. The van der Waals surface area contributed by atoms with E-state index in [-0.39, 0.29) is 6.10 Å². The van der Waals surface area contributed by atoms with Gasteiger partial charge < -0.3 is 10.1 Å². The molecule has 1 saturated heterocycles. The average Bonchev–Trinajstić information content (AvgIpc) is 2.53. The molecular weight excluding hydrogens is 248 g/mol. The van der Waals surface area contributed by atoms with Crippen LogP contribution in [-0.2, 0) is 4.74 Å². The van der Waals surface area contributed by atoms with Gasteiger partial charge >= 0.3 is 0 Å². The molecular formula is C17H22N2O. The second-order valence-corrected chi connectivity index (χ2v) is 5.33. The largest absolute Gasteiger partial charge is 0.382 e. The molecule has 3 rings (SSSR count). The lowest BCUT2D eigenvalue weighted by molar-refractivity contribution is -0.0191. The van der Waals surface area contributed by atoms with Gasteiger partial charge in [0.15, 0.2) is 0 Å². The van der Waals surface area contributed by atoms with Crippen LogP contribution in [0.15, 0.2) is 42.5 Å². The smallest absolute Gasteiger partial charge is 0.0874 e. The fraction of sp³-hybridized carbons (Fsp3) is 0.412. The molecule has 1 aliphatic heterocycles. The van der Waals surface area contributed by atoms with Crippen LogP contribution in [0.1, 0.15) is 6.92 Å². The minimum absolute atomic E-state index is 0.287. The minimum atomic E-state index is 0.287. The summed E-state index contributed by atoms with van der Waals surface area (Å²) in [5.74, 6) is 0. The van der Waals surface area contributed by atoms with Crippen molar-refractivity contribution in [2.45, 2.75) is 13.0 Å². The summed E-state index contributed by atoms with van der Waals surface area (Å²) >= 11 is 0. The first-order chi connectivity index (χ1) is 9.85. The zero-order chi connectivity index (χ0) is 13.8. The van der Waals surface area contributed by atoms with Crippen molar-refractivity contribution in [1.29, 1.82) is 0 Å². The van der Waals surface area contributed by atoms with E-state index in [1.807, 2.05) is 0 Å². The molecule has 106 valence electrons. The summed E-state index contributed by atoms with van der Waals surface area (Å²) in [5.41, 5.74) is 1.17. The third-order valence-corrected chi connectivity index (χ3v) is 3.95. The van der Waals surface area contributed by atoms with Gasteiger partial charge in [-0.3, -0.25) is 4.90 Å². The van der Waals surface area contributed by atoms with Crippen LogP contribution >= 0.6 is 0 Å². The second kappa shape index (κ2) is 6.25. The Morgan fingerprint density at radius 2 is 2.05 bits per heavy atom. The lowest BCUT2D eigenvalue weighted by Gasteiger charge is -2.32. The SMILES string of the molecule is CCN1CCOC(CNc2ccc3ccccc3c2)C1. The van der Waals surface area contributed by atoms with Gasteiger partial charge in [0.25, 0.3) is 0 Å².